The third-order valence-electron chi connectivity index (χ3n) is 4.22. The molecule has 0 saturated carbocycles. The van der Waals surface area contributed by atoms with E-state index in [-0.39, 0.29) is 17.5 Å². The van der Waals surface area contributed by atoms with Crippen molar-refractivity contribution in [1.82, 2.24) is 14.4 Å². The lowest BCUT2D eigenvalue weighted by Gasteiger charge is -2.17. The minimum Gasteiger partial charge on any atom is -0.463 e. The monoisotopic (exact) mass is 361 g/mol. The van der Waals surface area contributed by atoms with Crippen molar-refractivity contribution in [3.05, 3.63) is 46.8 Å². The third kappa shape index (κ3) is 2.97. The van der Waals surface area contributed by atoms with Gasteiger partial charge < -0.3 is 4.74 Å². The molecule has 1 heterocycles. The molecule has 1 aromatic heterocycles. The van der Waals surface area contributed by atoms with Gasteiger partial charge in [0.2, 0.25) is 0 Å². The zero-order valence-electron chi connectivity index (χ0n) is 14.3. The van der Waals surface area contributed by atoms with E-state index in [0.29, 0.717) is 35.4 Å². The molecule has 0 unspecified atom stereocenters. The normalized spacial score (nSPS) is 14.4. The van der Waals surface area contributed by atoms with Gasteiger partial charge in [0.15, 0.2) is 0 Å². The van der Waals surface area contributed by atoms with Crippen molar-refractivity contribution in [1.29, 1.82) is 0 Å². The molecule has 0 bridgehead atoms. The van der Waals surface area contributed by atoms with Crippen molar-refractivity contribution in [3.63, 3.8) is 0 Å². The highest BCUT2D eigenvalue weighted by Gasteiger charge is 2.31. The number of carbonyl (C=O) groups is 1. The zero-order valence-corrected chi connectivity index (χ0v) is 15.1. The Bertz CT molecular complexity index is 956. The van der Waals surface area contributed by atoms with Gasteiger partial charge in [-0.05, 0) is 51.3 Å². The van der Waals surface area contributed by atoms with Gasteiger partial charge in [-0.25, -0.2) is 4.79 Å². The van der Waals surface area contributed by atoms with Crippen molar-refractivity contribution < 1.29 is 17.9 Å². The second kappa shape index (κ2) is 6.44. The number of ether oxygens (including phenoxy) is 1. The number of carbonyl (C=O) groups excluding carboxylic acids is 1. The van der Waals surface area contributed by atoms with E-state index in [2.05, 4.69) is 10.3 Å². The van der Waals surface area contributed by atoms with Crippen LogP contribution in [0.25, 0.3) is 5.57 Å². The first kappa shape index (κ1) is 17.3. The second-order valence-corrected chi connectivity index (χ2v) is 7.64. The molecule has 3 rings (SSSR count). The molecule has 0 N–H and O–H groups in total. The van der Waals surface area contributed by atoms with Gasteiger partial charge >= 0.3 is 5.97 Å². The molecule has 132 valence electrons. The number of fused-ring (bicyclic) bond motifs is 1. The van der Waals surface area contributed by atoms with Crippen LogP contribution in [-0.4, -0.2) is 35.4 Å². The predicted molar refractivity (Wildman–Crippen MR) is 91.3 cm³/mol. The number of benzene rings is 1. The molecule has 0 atom stereocenters. The lowest BCUT2D eigenvalue weighted by Crippen LogP contribution is -2.20. The number of aryl methyl sites for hydroxylation is 1. The molecule has 1 aliphatic carbocycles. The number of allylic oxidation sites excluding steroid dienone is 1. The van der Waals surface area contributed by atoms with Crippen LogP contribution in [0, 0.1) is 6.92 Å². The number of esters is 1. The fourth-order valence-corrected chi connectivity index (χ4v) is 4.12. The van der Waals surface area contributed by atoms with E-state index in [4.69, 9.17) is 4.74 Å². The molecular weight excluding hydrogens is 342 g/mol. The summed E-state index contributed by atoms with van der Waals surface area (Å²) in [4.78, 5) is 12.2. The summed E-state index contributed by atoms with van der Waals surface area (Å²) in [6.45, 7) is 5.66. The number of hydrogen-bond donors (Lipinski definition) is 0. The van der Waals surface area contributed by atoms with Crippen molar-refractivity contribution in [3.8, 4) is 0 Å². The Morgan fingerprint density at radius 1 is 1.20 bits per heavy atom. The van der Waals surface area contributed by atoms with Gasteiger partial charge in [-0.1, -0.05) is 22.9 Å². The van der Waals surface area contributed by atoms with E-state index in [1.165, 1.54) is 0 Å². The van der Waals surface area contributed by atoms with Gasteiger partial charge in [-0.2, -0.15) is 8.42 Å². The van der Waals surface area contributed by atoms with Gasteiger partial charge in [0.05, 0.1) is 17.2 Å². The molecule has 0 amide bonds. The molecule has 0 aliphatic heterocycles. The van der Waals surface area contributed by atoms with Gasteiger partial charge in [0.1, 0.15) is 5.69 Å². The number of hydrogen-bond acceptors (Lipinski definition) is 6. The van der Waals surface area contributed by atoms with Crippen LogP contribution in [-0.2, 0) is 26.0 Å². The summed E-state index contributed by atoms with van der Waals surface area (Å²) in [7, 11) is -3.82. The molecule has 1 aliphatic rings. The fourth-order valence-electron chi connectivity index (χ4n) is 2.84. The van der Waals surface area contributed by atoms with Gasteiger partial charge in [-0.15, -0.1) is 9.19 Å². The highest BCUT2D eigenvalue weighted by Crippen LogP contribution is 2.31. The molecule has 1 aromatic carbocycles. The Morgan fingerprint density at radius 3 is 2.52 bits per heavy atom. The Hall–Kier alpha value is -2.48. The minimum absolute atomic E-state index is 0.156. The van der Waals surface area contributed by atoms with Gasteiger partial charge in [0, 0.05) is 5.57 Å². The van der Waals surface area contributed by atoms with E-state index in [1.54, 1.807) is 38.1 Å². The Kier molecular flexibility index (Phi) is 4.47. The van der Waals surface area contributed by atoms with E-state index < -0.39 is 10.0 Å². The maximum atomic E-state index is 12.9. The van der Waals surface area contributed by atoms with Crippen LogP contribution < -0.4 is 0 Å². The first-order valence-corrected chi connectivity index (χ1v) is 9.44. The second-order valence-electron chi connectivity index (χ2n) is 5.87. The lowest BCUT2D eigenvalue weighted by molar-refractivity contribution is -0.138. The largest absolute Gasteiger partial charge is 0.463 e. The third-order valence-corrected chi connectivity index (χ3v) is 5.83. The van der Waals surface area contributed by atoms with Crippen LogP contribution in [0.5, 0.6) is 0 Å². The molecular formula is C17H19N3O4S. The van der Waals surface area contributed by atoms with Crippen molar-refractivity contribution in [2.24, 2.45) is 0 Å². The van der Waals surface area contributed by atoms with Crippen molar-refractivity contribution in [2.45, 2.75) is 38.5 Å². The molecule has 0 spiro atoms. The van der Waals surface area contributed by atoms with E-state index >= 15 is 0 Å². The molecule has 25 heavy (non-hydrogen) atoms. The number of nitrogens with zero attached hydrogens (tertiary/aromatic N) is 3. The summed E-state index contributed by atoms with van der Waals surface area (Å²) in [5, 5.41) is 7.86. The zero-order chi connectivity index (χ0) is 18.2. The summed E-state index contributed by atoms with van der Waals surface area (Å²) >= 11 is 0. The van der Waals surface area contributed by atoms with Crippen LogP contribution in [0.1, 0.15) is 37.2 Å². The highest BCUT2D eigenvalue weighted by molar-refractivity contribution is 7.89. The van der Waals surface area contributed by atoms with Gasteiger partial charge in [0.25, 0.3) is 10.0 Å². The summed E-state index contributed by atoms with van der Waals surface area (Å²) in [6, 6.07) is 6.57. The molecule has 0 radical (unpaired) electrons. The maximum absolute atomic E-state index is 12.9. The lowest BCUT2D eigenvalue weighted by atomic mass is 9.93. The van der Waals surface area contributed by atoms with Crippen molar-refractivity contribution in [2.75, 3.05) is 6.61 Å². The Labute approximate surface area is 146 Å². The van der Waals surface area contributed by atoms with Crippen molar-refractivity contribution >= 4 is 21.6 Å². The van der Waals surface area contributed by atoms with E-state index in [0.717, 1.165) is 9.65 Å². The highest BCUT2D eigenvalue weighted by atomic mass is 32.2. The van der Waals surface area contributed by atoms with E-state index in [9.17, 15) is 13.2 Å². The van der Waals surface area contributed by atoms with Gasteiger partial charge in [-0.3, -0.25) is 0 Å². The molecule has 7 nitrogen and oxygen atoms in total. The molecule has 2 aromatic rings. The Morgan fingerprint density at radius 2 is 1.88 bits per heavy atom. The number of rotatable bonds is 4. The SMILES string of the molecule is CCOC(=O)C1=C(C)c2nnn(S(=O)(=O)c3ccc(C)cc3)c2CC1. The number of aromatic nitrogens is 3. The summed E-state index contributed by atoms with van der Waals surface area (Å²) in [5.41, 5.74) is 3.03. The first-order chi connectivity index (χ1) is 11.9. The average molecular weight is 361 g/mol. The quantitative estimate of drug-likeness (QED) is 0.775. The molecule has 0 saturated heterocycles. The summed E-state index contributed by atoms with van der Waals surface area (Å²) in [5.74, 6) is -0.387. The van der Waals surface area contributed by atoms with Crippen LogP contribution in [0.2, 0.25) is 0 Å². The first-order valence-electron chi connectivity index (χ1n) is 8.00. The smallest absolute Gasteiger partial charge is 0.334 e. The average Bonchev–Trinajstić information content (AvgIpc) is 3.01. The fraction of sp³-hybridized carbons (Fsp3) is 0.353. The molecule has 0 fully saturated rings. The summed E-state index contributed by atoms with van der Waals surface area (Å²) < 4.78 is 31.7. The summed E-state index contributed by atoms with van der Waals surface area (Å²) in [6.07, 6.45) is 0.757. The van der Waals surface area contributed by atoms with Crippen LogP contribution in [0.3, 0.4) is 0 Å². The van der Waals surface area contributed by atoms with Crippen LogP contribution in [0.4, 0.5) is 0 Å². The topological polar surface area (TPSA) is 91.2 Å². The van der Waals surface area contributed by atoms with Crippen LogP contribution >= 0.6 is 0 Å². The standard InChI is InChI=1S/C17H19N3O4S/c1-4-24-17(21)14-9-10-15-16(12(14)3)18-19-20(15)25(22,23)13-7-5-11(2)6-8-13/h5-8H,4,9-10H2,1-3H3. The van der Waals surface area contributed by atoms with Crippen LogP contribution in [0.15, 0.2) is 34.7 Å². The predicted octanol–water partition coefficient (Wildman–Crippen LogP) is 2.11. The molecule has 8 heteroatoms. The maximum Gasteiger partial charge on any atom is 0.334 e. The Balaban J connectivity index is 2.05. The van der Waals surface area contributed by atoms with E-state index in [1.807, 2.05) is 6.92 Å². The minimum atomic E-state index is -3.82.